The van der Waals surface area contributed by atoms with E-state index in [-0.39, 0.29) is 17.3 Å². The Hall–Kier alpha value is -1.83. The van der Waals surface area contributed by atoms with Crippen LogP contribution in [0.2, 0.25) is 0 Å². The highest BCUT2D eigenvalue weighted by atomic mass is 16.6. The average Bonchev–Trinajstić information content (AvgIpc) is 2.26. The van der Waals surface area contributed by atoms with Crippen LogP contribution in [-0.2, 0) is 0 Å². The molecule has 0 spiro atoms. The van der Waals surface area contributed by atoms with Crippen molar-refractivity contribution < 1.29 is 9.85 Å². The number of quaternary nitrogens is 1. The van der Waals surface area contributed by atoms with Crippen LogP contribution < -0.4 is 15.9 Å². The molecule has 7 heteroatoms. The van der Waals surface area contributed by atoms with Crippen molar-refractivity contribution in [2.24, 2.45) is 5.73 Å². The number of nitrogens with zero attached hydrogens (tertiary/aromatic N) is 2. The number of nitrogens with one attached hydrogen (secondary N) is 1. The number of aliphatic hydroxyl groups excluding tert-OH is 1. The van der Waals surface area contributed by atoms with Gasteiger partial charge < -0.3 is 15.5 Å². The van der Waals surface area contributed by atoms with Crippen LogP contribution in [0.15, 0.2) is 24.3 Å². The fourth-order valence-electron chi connectivity index (χ4n) is 1.62. The summed E-state index contributed by atoms with van der Waals surface area (Å²) in [5, 5.41) is 33.4. The van der Waals surface area contributed by atoms with Crippen LogP contribution in [0.4, 0.5) is 11.4 Å². The van der Waals surface area contributed by atoms with Gasteiger partial charge in [-0.3, -0.25) is 5.73 Å². The average molecular weight is 224 g/mol. The topological polar surface area (TPSA) is 107 Å². The van der Waals surface area contributed by atoms with Crippen molar-refractivity contribution >= 4 is 17.3 Å². The number of aliphatic hydroxyl groups is 1. The predicted octanol–water partition coefficient (Wildman–Crippen LogP) is -0.195. The molecule has 1 aliphatic heterocycles. The fourth-order valence-corrected chi connectivity index (χ4v) is 1.62. The number of para-hydroxylation sites is 2. The Balaban J connectivity index is 2.67. The van der Waals surface area contributed by atoms with Gasteiger partial charge in [-0.2, -0.15) is 0 Å². The first-order valence-corrected chi connectivity index (χ1v) is 4.72. The summed E-state index contributed by atoms with van der Waals surface area (Å²) >= 11 is 0. The Bertz CT molecular complexity index is 460. The quantitative estimate of drug-likeness (QED) is 0.348. The lowest BCUT2D eigenvalue weighted by atomic mass is 10.2. The molecule has 86 valence electrons. The Morgan fingerprint density at radius 1 is 1.50 bits per heavy atom. The molecule has 0 bridgehead atoms. The number of rotatable bonds is 1. The van der Waals surface area contributed by atoms with Crippen LogP contribution in [0.1, 0.15) is 6.92 Å². The second kappa shape index (κ2) is 3.34. The number of hydrogen-bond acceptors (Lipinski definition) is 5. The van der Waals surface area contributed by atoms with E-state index in [0.717, 1.165) is 0 Å². The van der Waals surface area contributed by atoms with Crippen LogP contribution in [0.5, 0.6) is 0 Å². The summed E-state index contributed by atoms with van der Waals surface area (Å²) in [5.74, 6) is -0.338. The molecule has 7 nitrogen and oxygen atoms in total. The third kappa shape index (κ3) is 1.30. The molecule has 2 unspecified atom stereocenters. The van der Waals surface area contributed by atoms with E-state index < -0.39 is 11.0 Å². The highest BCUT2D eigenvalue weighted by molar-refractivity contribution is 5.80. The molecule has 1 aromatic carbocycles. The molecule has 1 heterocycles. The van der Waals surface area contributed by atoms with Crippen molar-refractivity contribution in [1.82, 2.24) is 10.2 Å². The van der Waals surface area contributed by atoms with Gasteiger partial charge in [0, 0.05) is 13.0 Å². The Kier molecular flexibility index (Phi) is 2.23. The van der Waals surface area contributed by atoms with E-state index in [1.165, 1.54) is 19.1 Å². The summed E-state index contributed by atoms with van der Waals surface area (Å²) in [6.07, 6.45) is -1.28. The van der Waals surface area contributed by atoms with Crippen LogP contribution >= 0.6 is 0 Å². The van der Waals surface area contributed by atoms with Crippen molar-refractivity contribution in [3.63, 3.8) is 0 Å². The molecule has 0 fully saturated rings. The minimum absolute atomic E-state index is 0.127. The minimum atomic E-state index is -1.28. The second-order valence-electron chi connectivity index (χ2n) is 3.57. The van der Waals surface area contributed by atoms with Gasteiger partial charge in [0.05, 0.1) is 0 Å². The molecule has 0 aliphatic carbocycles. The third-order valence-electron chi connectivity index (χ3n) is 2.48. The van der Waals surface area contributed by atoms with Gasteiger partial charge in [0.1, 0.15) is 0 Å². The first-order chi connectivity index (χ1) is 7.47. The van der Waals surface area contributed by atoms with Gasteiger partial charge in [-0.25, -0.2) is 4.74 Å². The molecule has 1 aliphatic rings. The van der Waals surface area contributed by atoms with Gasteiger partial charge in [-0.1, -0.05) is 12.1 Å². The number of benzene rings is 1. The van der Waals surface area contributed by atoms with E-state index in [1.54, 1.807) is 12.1 Å². The number of nitrogens with two attached hydrogens (primary N) is 1. The largest absolute Gasteiger partial charge is 0.739 e. The van der Waals surface area contributed by atoms with E-state index in [9.17, 15) is 15.5 Å². The monoisotopic (exact) mass is 224 g/mol. The lowest BCUT2D eigenvalue weighted by molar-refractivity contribution is -0.371. The number of hydrogen-bond donors (Lipinski definition) is 3. The zero-order valence-corrected chi connectivity index (χ0v) is 8.62. The van der Waals surface area contributed by atoms with Gasteiger partial charge >= 0.3 is 5.96 Å². The van der Waals surface area contributed by atoms with Crippen molar-refractivity contribution in [2.75, 3.05) is 0 Å². The Labute approximate surface area is 91.7 Å². The number of fused-ring (bicyclic) bond motifs is 1. The summed E-state index contributed by atoms with van der Waals surface area (Å²) in [7, 11) is 0. The zero-order chi connectivity index (χ0) is 11.9. The highest BCUT2D eigenvalue weighted by Crippen LogP contribution is 2.34. The molecule has 2 rings (SSSR count). The van der Waals surface area contributed by atoms with E-state index in [4.69, 9.17) is 5.73 Å². The first kappa shape index (κ1) is 10.7. The summed E-state index contributed by atoms with van der Waals surface area (Å²) < 4.78 is -0.840. The SMILES string of the molecule is CC(O)[N+]1([O-])NC(N)=[N+]([O-])c2ccccc21. The molecule has 0 amide bonds. The first-order valence-electron chi connectivity index (χ1n) is 4.72. The molecule has 1 aromatic rings. The molecule has 0 aromatic heterocycles. The zero-order valence-electron chi connectivity index (χ0n) is 8.62. The third-order valence-corrected chi connectivity index (χ3v) is 2.48. The predicted molar refractivity (Wildman–Crippen MR) is 58.9 cm³/mol. The lowest BCUT2D eigenvalue weighted by Gasteiger charge is -2.42. The summed E-state index contributed by atoms with van der Waals surface area (Å²) in [5.41, 5.74) is 7.90. The molecule has 4 N–H and O–H groups in total. The van der Waals surface area contributed by atoms with E-state index >= 15 is 0 Å². The van der Waals surface area contributed by atoms with E-state index in [2.05, 4.69) is 5.43 Å². The maximum Gasteiger partial charge on any atom is 0.398 e. The van der Waals surface area contributed by atoms with E-state index in [1.807, 2.05) is 0 Å². The molecular formula is C9H12N4O3. The van der Waals surface area contributed by atoms with E-state index in [0.29, 0.717) is 4.74 Å². The highest BCUT2D eigenvalue weighted by Gasteiger charge is 2.38. The Morgan fingerprint density at radius 2 is 2.12 bits per heavy atom. The molecule has 16 heavy (non-hydrogen) atoms. The molecule has 0 radical (unpaired) electrons. The minimum Gasteiger partial charge on any atom is -0.739 e. The summed E-state index contributed by atoms with van der Waals surface area (Å²) in [6, 6.07) is 6.18. The normalized spacial score (nSPS) is 25.9. The van der Waals surface area contributed by atoms with Crippen LogP contribution in [-0.4, -0.2) is 22.0 Å². The van der Waals surface area contributed by atoms with Gasteiger partial charge in [0.15, 0.2) is 5.69 Å². The van der Waals surface area contributed by atoms with Crippen LogP contribution in [0.25, 0.3) is 0 Å². The lowest BCUT2D eigenvalue weighted by Crippen LogP contribution is -2.67. The van der Waals surface area contributed by atoms with Crippen molar-refractivity contribution in [1.29, 1.82) is 0 Å². The summed E-state index contributed by atoms with van der Waals surface area (Å²) in [6.45, 7) is 1.32. The van der Waals surface area contributed by atoms with Crippen molar-refractivity contribution in [2.45, 2.75) is 13.2 Å². The fraction of sp³-hybridized carbons (Fsp3) is 0.222. The molecular weight excluding hydrogens is 212 g/mol. The standard InChI is InChI=1S/C9H12N4O3/c1-6(14)13(16)8-5-3-2-4-7(8)12(15)9(10)11-13/h2-6,11,14H,10H2,1H3. The van der Waals surface area contributed by atoms with Gasteiger partial charge in [0.2, 0.25) is 11.9 Å². The van der Waals surface area contributed by atoms with Gasteiger partial charge in [0.25, 0.3) is 0 Å². The van der Waals surface area contributed by atoms with Crippen molar-refractivity contribution in [3.05, 3.63) is 34.7 Å². The molecule has 0 saturated heterocycles. The Morgan fingerprint density at radius 3 is 2.75 bits per heavy atom. The number of hydroxylamine groups is 1. The number of guanidine groups is 1. The van der Waals surface area contributed by atoms with Crippen molar-refractivity contribution in [3.8, 4) is 0 Å². The summed E-state index contributed by atoms with van der Waals surface area (Å²) in [4.78, 5) is 0. The molecule has 2 atom stereocenters. The maximum atomic E-state index is 12.3. The van der Waals surface area contributed by atoms with Crippen LogP contribution in [0.3, 0.4) is 0 Å². The smallest absolute Gasteiger partial charge is 0.398 e. The molecule has 0 saturated carbocycles. The van der Waals surface area contributed by atoms with Crippen LogP contribution in [0, 0.1) is 10.4 Å². The van der Waals surface area contributed by atoms with Gasteiger partial charge in [-0.15, -0.1) is 10.2 Å². The maximum absolute atomic E-state index is 12.3. The second-order valence-corrected chi connectivity index (χ2v) is 3.57. The van der Waals surface area contributed by atoms with Gasteiger partial charge in [-0.05, 0) is 6.07 Å².